The lowest BCUT2D eigenvalue weighted by atomic mass is 10.2. The van der Waals surface area contributed by atoms with Gasteiger partial charge in [0.25, 0.3) is 5.91 Å². The number of aromatic nitrogens is 2. The molecule has 7 heteroatoms. The summed E-state index contributed by atoms with van der Waals surface area (Å²) in [6.07, 6.45) is 2.19. The summed E-state index contributed by atoms with van der Waals surface area (Å²) in [5, 5.41) is 9.45. The SMILES string of the molecule is Cc1[nH]ncc1C(=O)N[C@@H]1CCN(c2ccc(F)cc2F)C1. The number of hydrogen-bond acceptors (Lipinski definition) is 3. The first-order valence-electron chi connectivity index (χ1n) is 7.05. The van der Waals surface area contributed by atoms with Crippen molar-refractivity contribution in [3.05, 3.63) is 47.3 Å². The maximum absolute atomic E-state index is 13.8. The lowest BCUT2D eigenvalue weighted by molar-refractivity contribution is 0.0940. The second kappa shape index (κ2) is 5.75. The minimum Gasteiger partial charge on any atom is -0.367 e. The van der Waals surface area contributed by atoms with Crippen LogP contribution in [-0.2, 0) is 0 Å². The van der Waals surface area contributed by atoms with E-state index in [4.69, 9.17) is 0 Å². The maximum atomic E-state index is 13.8. The smallest absolute Gasteiger partial charge is 0.255 e. The molecule has 1 saturated heterocycles. The number of carbonyl (C=O) groups excluding carboxylic acids is 1. The normalized spacial score (nSPS) is 17.8. The minimum absolute atomic E-state index is 0.0775. The van der Waals surface area contributed by atoms with Crippen molar-refractivity contribution in [3.63, 3.8) is 0 Å². The van der Waals surface area contributed by atoms with Crippen molar-refractivity contribution < 1.29 is 13.6 Å². The van der Waals surface area contributed by atoms with Crippen LogP contribution in [0.1, 0.15) is 22.5 Å². The van der Waals surface area contributed by atoms with Crippen LogP contribution in [0.2, 0.25) is 0 Å². The first kappa shape index (κ1) is 14.5. The highest BCUT2D eigenvalue weighted by atomic mass is 19.1. The molecule has 0 radical (unpaired) electrons. The fraction of sp³-hybridized carbons (Fsp3) is 0.333. The van der Waals surface area contributed by atoms with Gasteiger partial charge in [-0.3, -0.25) is 9.89 Å². The molecule has 1 aliphatic rings. The highest BCUT2D eigenvalue weighted by molar-refractivity contribution is 5.95. The van der Waals surface area contributed by atoms with Gasteiger partial charge in [-0.05, 0) is 25.5 Å². The number of nitrogens with zero attached hydrogens (tertiary/aromatic N) is 2. The van der Waals surface area contributed by atoms with Crippen molar-refractivity contribution in [1.29, 1.82) is 0 Å². The number of aryl methyl sites for hydroxylation is 1. The number of amides is 1. The third kappa shape index (κ3) is 2.79. The summed E-state index contributed by atoms with van der Waals surface area (Å²) < 4.78 is 26.7. The highest BCUT2D eigenvalue weighted by Gasteiger charge is 2.26. The van der Waals surface area contributed by atoms with Crippen LogP contribution in [0.5, 0.6) is 0 Å². The number of aromatic amines is 1. The van der Waals surface area contributed by atoms with Gasteiger partial charge < -0.3 is 10.2 Å². The second-order valence-electron chi connectivity index (χ2n) is 5.41. The van der Waals surface area contributed by atoms with Crippen LogP contribution in [0.4, 0.5) is 14.5 Å². The van der Waals surface area contributed by atoms with E-state index in [1.807, 2.05) is 4.90 Å². The van der Waals surface area contributed by atoms with E-state index in [0.717, 1.165) is 6.07 Å². The van der Waals surface area contributed by atoms with Crippen LogP contribution >= 0.6 is 0 Å². The van der Waals surface area contributed by atoms with Crippen molar-refractivity contribution in [3.8, 4) is 0 Å². The fourth-order valence-corrected chi connectivity index (χ4v) is 2.68. The van der Waals surface area contributed by atoms with Crippen LogP contribution < -0.4 is 10.2 Å². The molecule has 0 spiro atoms. The summed E-state index contributed by atoms with van der Waals surface area (Å²) in [6.45, 7) is 2.87. The first-order chi connectivity index (χ1) is 10.5. The number of nitrogens with one attached hydrogen (secondary N) is 2. The number of hydrogen-bond donors (Lipinski definition) is 2. The minimum atomic E-state index is -0.597. The van der Waals surface area contributed by atoms with Crippen molar-refractivity contribution in [1.82, 2.24) is 15.5 Å². The molecule has 1 aliphatic heterocycles. The Kier molecular flexibility index (Phi) is 3.79. The summed E-state index contributed by atoms with van der Waals surface area (Å²) in [4.78, 5) is 13.9. The molecule has 0 bridgehead atoms. The summed E-state index contributed by atoms with van der Waals surface area (Å²) >= 11 is 0. The molecule has 0 aliphatic carbocycles. The van der Waals surface area contributed by atoms with Gasteiger partial charge >= 0.3 is 0 Å². The predicted octanol–water partition coefficient (Wildman–Crippen LogP) is 2.01. The van der Waals surface area contributed by atoms with Crippen LogP contribution in [0.25, 0.3) is 0 Å². The van der Waals surface area contributed by atoms with Crippen LogP contribution in [0, 0.1) is 18.6 Å². The number of rotatable bonds is 3. The Hall–Kier alpha value is -2.44. The van der Waals surface area contributed by atoms with Crippen LogP contribution in [0.3, 0.4) is 0 Å². The van der Waals surface area contributed by atoms with E-state index in [1.54, 1.807) is 6.92 Å². The van der Waals surface area contributed by atoms with Gasteiger partial charge in [0, 0.05) is 30.9 Å². The molecule has 3 rings (SSSR count). The van der Waals surface area contributed by atoms with Crippen molar-refractivity contribution in [2.45, 2.75) is 19.4 Å². The molecule has 1 amide bonds. The van der Waals surface area contributed by atoms with E-state index in [1.165, 1.54) is 18.3 Å². The van der Waals surface area contributed by atoms with E-state index >= 15 is 0 Å². The maximum Gasteiger partial charge on any atom is 0.255 e. The molecule has 2 heterocycles. The zero-order valence-electron chi connectivity index (χ0n) is 12.1. The largest absolute Gasteiger partial charge is 0.367 e. The quantitative estimate of drug-likeness (QED) is 0.912. The van der Waals surface area contributed by atoms with Gasteiger partial charge in [-0.15, -0.1) is 0 Å². The molecule has 1 aromatic carbocycles. The molecule has 1 aromatic heterocycles. The fourth-order valence-electron chi connectivity index (χ4n) is 2.68. The Balaban J connectivity index is 1.65. The van der Waals surface area contributed by atoms with Crippen molar-refractivity contribution >= 4 is 11.6 Å². The average molecular weight is 306 g/mol. The van der Waals surface area contributed by atoms with Gasteiger partial charge in [-0.1, -0.05) is 0 Å². The second-order valence-corrected chi connectivity index (χ2v) is 5.41. The monoisotopic (exact) mass is 306 g/mol. The molecule has 116 valence electrons. The lowest BCUT2D eigenvalue weighted by Crippen LogP contribution is -2.37. The summed E-state index contributed by atoms with van der Waals surface area (Å²) in [7, 11) is 0. The van der Waals surface area contributed by atoms with Gasteiger partial charge in [-0.25, -0.2) is 8.78 Å². The van der Waals surface area contributed by atoms with Gasteiger partial charge in [0.2, 0.25) is 0 Å². The molecule has 2 N–H and O–H groups in total. The highest BCUT2D eigenvalue weighted by Crippen LogP contribution is 2.24. The third-order valence-electron chi connectivity index (χ3n) is 3.85. The Labute approximate surface area is 126 Å². The van der Waals surface area contributed by atoms with Gasteiger partial charge in [0.1, 0.15) is 11.6 Å². The molecule has 0 unspecified atom stereocenters. The molecule has 5 nitrogen and oxygen atoms in total. The molecule has 22 heavy (non-hydrogen) atoms. The van der Waals surface area contributed by atoms with E-state index < -0.39 is 11.6 Å². The van der Waals surface area contributed by atoms with Gasteiger partial charge in [0.05, 0.1) is 17.4 Å². The van der Waals surface area contributed by atoms with Crippen LogP contribution in [-0.4, -0.2) is 35.2 Å². The lowest BCUT2D eigenvalue weighted by Gasteiger charge is -2.19. The zero-order valence-corrected chi connectivity index (χ0v) is 12.1. The van der Waals surface area contributed by atoms with E-state index in [0.29, 0.717) is 36.5 Å². The van der Waals surface area contributed by atoms with Crippen LogP contribution in [0.15, 0.2) is 24.4 Å². The standard InChI is InChI=1S/C15H16F2N4O/c1-9-12(7-18-20-9)15(22)19-11-4-5-21(8-11)14-3-2-10(16)6-13(14)17/h2-3,6-7,11H,4-5,8H2,1H3,(H,18,20)(H,19,22)/t11-/m1/s1. The van der Waals surface area contributed by atoms with Crippen molar-refractivity contribution in [2.75, 3.05) is 18.0 Å². The van der Waals surface area contributed by atoms with E-state index in [9.17, 15) is 13.6 Å². The van der Waals surface area contributed by atoms with Gasteiger partial charge in [0.15, 0.2) is 0 Å². The number of anilines is 1. The Morgan fingerprint density at radius 2 is 2.27 bits per heavy atom. The average Bonchev–Trinajstić information content (AvgIpc) is 3.08. The number of benzene rings is 1. The van der Waals surface area contributed by atoms with Crippen molar-refractivity contribution in [2.24, 2.45) is 0 Å². The summed E-state index contributed by atoms with van der Waals surface area (Å²) in [5.74, 6) is -1.38. The molecule has 2 aromatic rings. The van der Waals surface area contributed by atoms with E-state index in [-0.39, 0.29) is 11.9 Å². The molecular formula is C15H16F2N4O. The number of halogens is 2. The third-order valence-corrected chi connectivity index (χ3v) is 3.85. The van der Waals surface area contributed by atoms with Gasteiger partial charge in [-0.2, -0.15) is 5.10 Å². The molecule has 0 saturated carbocycles. The topological polar surface area (TPSA) is 61.0 Å². The number of carbonyl (C=O) groups is 1. The molecule has 1 atom stereocenters. The first-order valence-corrected chi connectivity index (χ1v) is 7.05. The molecular weight excluding hydrogens is 290 g/mol. The molecule has 1 fully saturated rings. The summed E-state index contributed by atoms with van der Waals surface area (Å²) in [6, 6.07) is 3.45. The zero-order chi connectivity index (χ0) is 15.7. The summed E-state index contributed by atoms with van der Waals surface area (Å²) in [5.41, 5.74) is 1.57. The Bertz CT molecular complexity index is 701. The predicted molar refractivity (Wildman–Crippen MR) is 77.8 cm³/mol. The Morgan fingerprint density at radius 1 is 1.45 bits per heavy atom. The van der Waals surface area contributed by atoms with E-state index in [2.05, 4.69) is 15.5 Å². The number of H-pyrrole nitrogens is 1. The Morgan fingerprint density at radius 3 is 2.95 bits per heavy atom.